The maximum Gasteiger partial charge on any atom is 0.103 e. The molecule has 0 aliphatic rings. The Morgan fingerprint density at radius 1 is 1.57 bits per heavy atom. The van der Waals surface area contributed by atoms with E-state index in [2.05, 4.69) is 6.92 Å². The topological polar surface area (TPSA) is 35.2 Å². The van der Waals surface area contributed by atoms with Gasteiger partial charge in [-0.3, -0.25) is 0 Å². The Bertz CT molecular complexity index is 37.3. The molecule has 0 fully saturated rings. The number of ether oxygens (including phenoxy) is 1. The van der Waals surface area contributed by atoms with E-state index in [0.717, 1.165) is 0 Å². The third-order valence-corrected chi connectivity index (χ3v) is 0.447. The van der Waals surface area contributed by atoms with Crippen LogP contribution in [-0.4, -0.2) is 12.3 Å². The van der Waals surface area contributed by atoms with Gasteiger partial charge >= 0.3 is 0 Å². The van der Waals surface area contributed by atoms with E-state index in [4.69, 9.17) is 10.5 Å². The lowest BCUT2D eigenvalue weighted by atomic mass is 10.5. The molecule has 0 aliphatic heterocycles. The highest BCUT2D eigenvalue weighted by Crippen LogP contribution is 1.87. The zero-order valence-electron chi connectivity index (χ0n) is 4.85. The molecule has 0 saturated heterocycles. The van der Waals surface area contributed by atoms with E-state index in [-0.39, 0.29) is 12.3 Å². The van der Waals surface area contributed by atoms with Crippen molar-refractivity contribution in [2.45, 2.75) is 26.2 Å². The van der Waals surface area contributed by atoms with Gasteiger partial charge in [-0.25, -0.2) is 0 Å². The summed E-state index contributed by atoms with van der Waals surface area (Å²) in [6.45, 7) is 7.21. The number of nitrogens with two attached hydrogens (primary N) is 1. The molecule has 2 nitrogen and oxygen atoms in total. The minimum Gasteiger partial charge on any atom is -0.361 e. The van der Waals surface area contributed by atoms with E-state index in [0.29, 0.717) is 0 Å². The minimum atomic E-state index is -0.188. The fourth-order valence-corrected chi connectivity index (χ4v) is 0.366. The van der Waals surface area contributed by atoms with Crippen molar-refractivity contribution < 1.29 is 4.74 Å². The van der Waals surface area contributed by atoms with Crippen LogP contribution in [0.15, 0.2) is 0 Å². The molecule has 0 amide bonds. The second kappa shape index (κ2) is 2.99. The molecule has 0 bridgehead atoms. The summed E-state index contributed by atoms with van der Waals surface area (Å²) in [7, 11) is 0. The van der Waals surface area contributed by atoms with E-state index in [9.17, 15) is 0 Å². The average molecular weight is 102 g/mol. The summed E-state index contributed by atoms with van der Waals surface area (Å²) in [6.07, 6.45) is -0.188. The van der Waals surface area contributed by atoms with Crippen LogP contribution >= 0.6 is 0 Å². The molecule has 1 radical (unpaired) electrons. The lowest BCUT2D eigenvalue weighted by Gasteiger charge is -2.09. The molecule has 0 aromatic rings. The third-order valence-electron chi connectivity index (χ3n) is 0.447. The van der Waals surface area contributed by atoms with Crippen LogP contribution in [0.4, 0.5) is 0 Å². The maximum atomic E-state index is 5.23. The number of rotatable bonds is 2. The quantitative estimate of drug-likeness (QED) is 0.516. The van der Waals surface area contributed by atoms with Crippen molar-refractivity contribution in [1.29, 1.82) is 0 Å². The first kappa shape index (κ1) is 6.92. The van der Waals surface area contributed by atoms with Crippen LogP contribution in [0, 0.1) is 6.92 Å². The van der Waals surface area contributed by atoms with Crippen LogP contribution in [0.3, 0.4) is 0 Å². The van der Waals surface area contributed by atoms with Crippen LogP contribution in [-0.2, 0) is 4.74 Å². The van der Waals surface area contributed by atoms with Gasteiger partial charge in [0.2, 0.25) is 0 Å². The molecule has 0 heterocycles. The van der Waals surface area contributed by atoms with Crippen molar-refractivity contribution in [3.05, 3.63) is 6.92 Å². The Morgan fingerprint density at radius 3 is 2.00 bits per heavy atom. The lowest BCUT2D eigenvalue weighted by molar-refractivity contribution is 0.0371. The van der Waals surface area contributed by atoms with Crippen molar-refractivity contribution >= 4 is 0 Å². The molecule has 0 aromatic heterocycles. The highest BCUT2D eigenvalue weighted by atomic mass is 16.5. The summed E-state index contributed by atoms with van der Waals surface area (Å²) in [4.78, 5) is 0. The van der Waals surface area contributed by atoms with Gasteiger partial charge in [0, 0.05) is 0 Å². The van der Waals surface area contributed by atoms with Crippen LogP contribution in [0.25, 0.3) is 0 Å². The highest BCUT2D eigenvalue weighted by molar-refractivity contribution is 4.50. The molecule has 0 spiro atoms. The van der Waals surface area contributed by atoms with Gasteiger partial charge in [0.1, 0.15) is 6.23 Å². The first-order valence-electron chi connectivity index (χ1n) is 2.37. The SMILES string of the molecule is [CH2]C(C)OC(C)N. The van der Waals surface area contributed by atoms with Crippen LogP contribution in [0.5, 0.6) is 0 Å². The second-order valence-corrected chi connectivity index (χ2v) is 1.65. The van der Waals surface area contributed by atoms with Crippen LogP contribution in [0.2, 0.25) is 0 Å². The van der Waals surface area contributed by atoms with Crippen molar-refractivity contribution in [3.63, 3.8) is 0 Å². The molecule has 2 N–H and O–H groups in total. The van der Waals surface area contributed by atoms with E-state index in [1.165, 1.54) is 0 Å². The normalized spacial score (nSPS) is 15.0. The Morgan fingerprint density at radius 2 is 2.00 bits per heavy atom. The Kier molecular flexibility index (Phi) is 2.96. The fraction of sp³-hybridized carbons (Fsp3) is 0.800. The fourth-order valence-electron chi connectivity index (χ4n) is 0.366. The van der Waals surface area contributed by atoms with Gasteiger partial charge in [-0.2, -0.15) is 0 Å². The molecule has 0 aromatic carbocycles. The summed E-state index contributed by atoms with van der Waals surface area (Å²) in [5.41, 5.74) is 5.23. The molecule has 0 saturated carbocycles. The van der Waals surface area contributed by atoms with Gasteiger partial charge in [-0.1, -0.05) is 0 Å². The molecule has 43 valence electrons. The summed E-state index contributed by atoms with van der Waals surface area (Å²) in [5.74, 6) is 0. The summed E-state index contributed by atoms with van der Waals surface area (Å²) >= 11 is 0. The highest BCUT2D eigenvalue weighted by Gasteiger charge is 1.94. The second-order valence-electron chi connectivity index (χ2n) is 1.65. The predicted molar refractivity (Wildman–Crippen MR) is 29.6 cm³/mol. The third kappa shape index (κ3) is 5.92. The van der Waals surface area contributed by atoms with E-state index in [1.54, 1.807) is 6.92 Å². The first-order valence-corrected chi connectivity index (χ1v) is 2.37. The van der Waals surface area contributed by atoms with Gasteiger partial charge in [0.15, 0.2) is 0 Å². The van der Waals surface area contributed by atoms with Crippen molar-refractivity contribution in [2.24, 2.45) is 5.73 Å². The predicted octanol–water partition coefficient (Wildman–Crippen LogP) is 0.530. The zero-order chi connectivity index (χ0) is 5.86. The van der Waals surface area contributed by atoms with Gasteiger partial charge < -0.3 is 10.5 Å². The van der Waals surface area contributed by atoms with Crippen LogP contribution < -0.4 is 5.73 Å². The summed E-state index contributed by atoms with van der Waals surface area (Å²) in [5, 5.41) is 0. The molecule has 0 rings (SSSR count). The first-order chi connectivity index (χ1) is 3.13. The van der Waals surface area contributed by atoms with E-state index >= 15 is 0 Å². The molecule has 2 unspecified atom stereocenters. The summed E-state index contributed by atoms with van der Waals surface area (Å²) < 4.78 is 4.92. The van der Waals surface area contributed by atoms with E-state index in [1.807, 2.05) is 6.92 Å². The molecular weight excluding hydrogens is 90.1 g/mol. The largest absolute Gasteiger partial charge is 0.361 e. The van der Waals surface area contributed by atoms with E-state index < -0.39 is 0 Å². The molecule has 2 atom stereocenters. The minimum absolute atomic E-state index is 0.000000000000000222. The monoisotopic (exact) mass is 102 g/mol. The Balaban J connectivity index is 2.95. The molecule has 7 heavy (non-hydrogen) atoms. The standard InChI is InChI=1S/C5H12NO/c1-4(2)7-5(3)6/h4-5H,1,6H2,2-3H3. The number of hydrogen-bond donors (Lipinski definition) is 1. The van der Waals surface area contributed by atoms with Crippen molar-refractivity contribution in [1.82, 2.24) is 0 Å². The molecule has 0 aliphatic carbocycles. The molecule has 2 heteroatoms. The van der Waals surface area contributed by atoms with Gasteiger partial charge in [0.25, 0.3) is 0 Å². The van der Waals surface area contributed by atoms with Crippen molar-refractivity contribution in [2.75, 3.05) is 0 Å². The smallest absolute Gasteiger partial charge is 0.103 e. The zero-order valence-corrected chi connectivity index (χ0v) is 4.85. The Labute approximate surface area is 44.7 Å². The maximum absolute atomic E-state index is 5.23. The van der Waals surface area contributed by atoms with Crippen molar-refractivity contribution in [3.8, 4) is 0 Å². The van der Waals surface area contributed by atoms with Gasteiger partial charge in [-0.05, 0) is 20.8 Å². The summed E-state index contributed by atoms with van der Waals surface area (Å²) in [6, 6.07) is 0. The Hall–Kier alpha value is -0.0800. The lowest BCUT2D eigenvalue weighted by Crippen LogP contribution is -2.22. The molecular formula is C5H12NO. The van der Waals surface area contributed by atoms with Crippen LogP contribution in [0.1, 0.15) is 13.8 Å². The average Bonchev–Trinajstić information content (AvgIpc) is 1.27. The van der Waals surface area contributed by atoms with Gasteiger partial charge in [0.05, 0.1) is 6.10 Å². The van der Waals surface area contributed by atoms with Gasteiger partial charge in [-0.15, -0.1) is 0 Å². The number of hydrogen-bond acceptors (Lipinski definition) is 2.